The van der Waals surface area contributed by atoms with Crippen molar-refractivity contribution < 1.29 is 0 Å². The molecule has 1 atom stereocenters. The monoisotopic (exact) mass is 203 g/mol. The first-order chi connectivity index (χ1) is 7.06. The molecule has 0 heterocycles. The van der Waals surface area contributed by atoms with E-state index in [1.165, 1.54) is 24.0 Å². The smallest absolute Gasteiger partial charge is 0.000812 e. The molecule has 1 aromatic rings. The molecule has 0 amide bonds. The Labute approximate surface area is 92.7 Å². The van der Waals surface area contributed by atoms with E-state index in [1.54, 1.807) is 5.56 Å². The van der Waals surface area contributed by atoms with E-state index < -0.39 is 0 Å². The van der Waals surface area contributed by atoms with Crippen molar-refractivity contribution in [1.82, 2.24) is 0 Å². The number of hydrogen-bond donors (Lipinski definition) is 1. The van der Waals surface area contributed by atoms with Gasteiger partial charge < -0.3 is 5.73 Å². The third kappa shape index (κ3) is 1.69. The number of benzene rings is 1. The van der Waals surface area contributed by atoms with Gasteiger partial charge in [0.05, 0.1) is 0 Å². The van der Waals surface area contributed by atoms with E-state index in [-0.39, 0.29) is 0 Å². The van der Waals surface area contributed by atoms with Crippen molar-refractivity contribution in [3.63, 3.8) is 0 Å². The van der Waals surface area contributed by atoms with Crippen LogP contribution in [0.1, 0.15) is 49.3 Å². The molecule has 1 aromatic carbocycles. The highest BCUT2D eigenvalue weighted by Gasteiger charge is 2.32. The Hall–Kier alpha value is -0.820. The maximum absolute atomic E-state index is 5.86. The lowest BCUT2D eigenvalue weighted by atomic mass is 9.67. The first-order valence-corrected chi connectivity index (χ1v) is 5.86. The molecule has 0 saturated heterocycles. The zero-order valence-corrected chi connectivity index (χ0v) is 10.0. The lowest BCUT2D eigenvalue weighted by Crippen LogP contribution is -2.30. The van der Waals surface area contributed by atoms with Gasteiger partial charge in [-0.1, -0.05) is 32.0 Å². The molecule has 0 bridgehead atoms. The van der Waals surface area contributed by atoms with E-state index in [0.717, 1.165) is 6.54 Å². The van der Waals surface area contributed by atoms with Gasteiger partial charge in [-0.3, -0.25) is 0 Å². The molecule has 0 aromatic heterocycles. The molecule has 2 rings (SSSR count). The van der Waals surface area contributed by atoms with E-state index in [9.17, 15) is 0 Å². The van der Waals surface area contributed by atoms with Gasteiger partial charge in [-0.05, 0) is 54.3 Å². The Bertz CT molecular complexity index is 366. The van der Waals surface area contributed by atoms with Gasteiger partial charge in [-0.2, -0.15) is 0 Å². The van der Waals surface area contributed by atoms with Crippen LogP contribution in [-0.4, -0.2) is 6.54 Å². The highest BCUT2D eigenvalue weighted by molar-refractivity contribution is 5.43. The number of fused-ring (bicyclic) bond motifs is 1. The van der Waals surface area contributed by atoms with Crippen LogP contribution < -0.4 is 5.73 Å². The summed E-state index contributed by atoms with van der Waals surface area (Å²) in [6, 6.07) is 6.65. The average Bonchev–Trinajstić information content (AvgIpc) is 2.17. The van der Waals surface area contributed by atoms with Crippen molar-refractivity contribution in [2.45, 2.75) is 44.9 Å². The minimum absolute atomic E-state index is 0.326. The van der Waals surface area contributed by atoms with Crippen LogP contribution in [0, 0.1) is 6.92 Å². The molecule has 0 aliphatic heterocycles. The van der Waals surface area contributed by atoms with Gasteiger partial charge in [0.25, 0.3) is 0 Å². The number of aryl methyl sites for hydroxylation is 1. The number of hydrogen-bond acceptors (Lipinski definition) is 1. The van der Waals surface area contributed by atoms with Gasteiger partial charge in [0.15, 0.2) is 0 Å². The first-order valence-electron chi connectivity index (χ1n) is 5.86. The van der Waals surface area contributed by atoms with Crippen molar-refractivity contribution in [1.29, 1.82) is 0 Å². The van der Waals surface area contributed by atoms with Crippen LogP contribution in [0.15, 0.2) is 18.2 Å². The largest absolute Gasteiger partial charge is 0.330 e. The van der Waals surface area contributed by atoms with Crippen LogP contribution in [0.4, 0.5) is 0 Å². The van der Waals surface area contributed by atoms with Crippen LogP contribution in [-0.2, 0) is 5.41 Å². The van der Waals surface area contributed by atoms with Crippen LogP contribution in [0.2, 0.25) is 0 Å². The molecule has 1 heteroatoms. The molecule has 1 aliphatic carbocycles. The van der Waals surface area contributed by atoms with Gasteiger partial charge in [0.2, 0.25) is 0 Å². The van der Waals surface area contributed by atoms with E-state index in [4.69, 9.17) is 5.73 Å². The summed E-state index contributed by atoms with van der Waals surface area (Å²) < 4.78 is 0. The third-order valence-electron chi connectivity index (χ3n) is 3.82. The van der Waals surface area contributed by atoms with Crippen LogP contribution >= 0.6 is 0 Å². The Morgan fingerprint density at radius 3 is 2.80 bits per heavy atom. The second kappa shape index (κ2) is 3.64. The second-order valence-electron chi connectivity index (χ2n) is 5.39. The quantitative estimate of drug-likeness (QED) is 0.745. The van der Waals surface area contributed by atoms with Crippen molar-refractivity contribution >= 4 is 0 Å². The minimum Gasteiger partial charge on any atom is -0.330 e. The summed E-state index contributed by atoms with van der Waals surface area (Å²) in [5.41, 5.74) is 10.7. The first kappa shape index (κ1) is 10.7. The summed E-state index contributed by atoms with van der Waals surface area (Å²) in [6.45, 7) is 7.71. The molecule has 1 unspecified atom stereocenters. The molecular weight excluding hydrogens is 182 g/mol. The summed E-state index contributed by atoms with van der Waals surface area (Å²) in [5.74, 6) is 0.577. The fourth-order valence-electron chi connectivity index (χ4n) is 3.02. The molecule has 1 aliphatic rings. The lowest BCUT2D eigenvalue weighted by Gasteiger charge is -2.38. The fourth-order valence-corrected chi connectivity index (χ4v) is 3.02. The van der Waals surface area contributed by atoms with Gasteiger partial charge in [0.1, 0.15) is 0 Å². The van der Waals surface area contributed by atoms with E-state index in [1.807, 2.05) is 0 Å². The van der Waals surface area contributed by atoms with Crippen LogP contribution in [0.3, 0.4) is 0 Å². The van der Waals surface area contributed by atoms with Crippen molar-refractivity contribution in [2.24, 2.45) is 5.73 Å². The fraction of sp³-hybridized carbons (Fsp3) is 0.571. The van der Waals surface area contributed by atoms with Gasteiger partial charge in [-0.15, -0.1) is 0 Å². The zero-order chi connectivity index (χ0) is 11.1. The molecule has 82 valence electrons. The SMILES string of the molecule is Cc1cccc2c1C(C)(C)CCC2CN. The van der Waals surface area contributed by atoms with Crippen molar-refractivity contribution in [3.05, 3.63) is 34.9 Å². The normalized spacial score (nSPS) is 23.6. The third-order valence-corrected chi connectivity index (χ3v) is 3.82. The standard InChI is InChI=1S/C14H21N/c1-10-5-4-6-12-11(9-15)7-8-14(2,3)13(10)12/h4-6,11H,7-9,15H2,1-3H3. The van der Waals surface area contributed by atoms with Crippen LogP contribution in [0.5, 0.6) is 0 Å². The molecule has 0 saturated carbocycles. The Balaban J connectivity index is 2.58. The molecule has 0 fully saturated rings. The highest BCUT2D eigenvalue weighted by Crippen LogP contribution is 2.43. The summed E-state index contributed by atoms with van der Waals surface area (Å²) in [4.78, 5) is 0. The predicted octanol–water partition coefficient (Wildman–Crippen LogP) is 3.11. The highest BCUT2D eigenvalue weighted by atomic mass is 14.6. The number of rotatable bonds is 1. The predicted molar refractivity (Wildman–Crippen MR) is 65.2 cm³/mol. The second-order valence-corrected chi connectivity index (χ2v) is 5.39. The van der Waals surface area contributed by atoms with Gasteiger partial charge in [-0.25, -0.2) is 0 Å². The topological polar surface area (TPSA) is 26.0 Å². The molecule has 1 nitrogen and oxygen atoms in total. The summed E-state index contributed by atoms with van der Waals surface area (Å²) >= 11 is 0. The molecule has 15 heavy (non-hydrogen) atoms. The summed E-state index contributed by atoms with van der Waals surface area (Å²) in [7, 11) is 0. The van der Waals surface area contributed by atoms with Gasteiger partial charge in [0, 0.05) is 0 Å². The van der Waals surface area contributed by atoms with Crippen LogP contribution in [0.25, 0.3) is 0 Å². The molecular formula is C14H21N. The lowest BCUT2D eigenvalue weighted by molar-refractivity contribution is 0.392. The zero-order valence-electron chi connectivity index (χ0n) is 10.0. The van der Waals surface area contributed by atoms with E-state index in [2.05, 4.69) is 39.0 Å². The Morgan fingerprint density at radius 2 is 2.13 bits per heavy atom. The van der Waals surface area contributed by atoms with Crippen molar-refractivity contribution in [2.75, 3.05) is 6.54 Å². The maximum Gasteiger partial charge on any atom is -0.000812 e. The Morgan fingerprint density at radius 1 is 1.40 bits per heavy atom. The summed E-state index contributed by atoms with van der Waals surface area (Å²) in [5, 5.41) is 0. The van der Waals surface area contributed by atoms with Crippen molar-refractivity contribution in [3.8, 4) is 0 Å². The number of nitrogens with two attached hydrogens (primary N) is 1. The molecule has 2 N–H and O–H groups in total. The molecule has 0 radical (unpaired) electrons. The molecule has 0 spiro atoms. The summed E-state index contributed by atoms with van der Waals surface area (Å²) in [6.07, 6.45) is 2.49. The maximum atomic E-state index is 5.86. The van der Waals surface area contributed by atoms with E-state index >= 15 is 0 Å². The minimum atomic E-state index is 0.326. The average molecular weight is 203 g/mol. The Kier molecular flexibility index (Phi) is 2.59. The van der Waals surface area contributed by atoms with E-state index in [0.29, 0.717) is 11.3 Å². The van der Waals surface area contributed by atoms with Gasteiger partial charge >= 0.3 is 0 Å².